The minimum absolute atomic E-state index is 0.0692. The zero-order valence-electron chi connectivity index (χ0n) is 11.2. The second-order valence-corrected chi connectivity index (χ2v) is 5.82. The van der Waals surface area contributed by atoms with Crippen LogP contribution in [0, 0.1) is 5.92 Å². The van der Waals surface area contributed by atoms with E-state index >= 15 is 0 Å². The van der Waals surface area contributed by atoms with E-state index in [1.54, 1.807) is 20.8 Å². The molecule has 0 spiro atoms. The highest BCUT2D eigenvalue weighted by Gasteiger charge is 2.45. The van der Waals surface area contributed by atoms with Gasteiger partial charge in [-0.2, -0.15) is 0 Å². The van der Waals surface area contributed by atoms with Crippen molar-refractivity contribution >= 4 is 12.1 Å². The van der Waals surface area contributed by atoms with Crippen LogP contribution in [0.3, 0.4) is 0 Å². The molecule has 1 rings (SSSR count). The lowest BCUT2D eigenvalue weighted by atomic mass is 9.98. The number of hydrogen-bond donors (Lipinski definition) is 2. The largest absolute Gasteiger partial charge is 0.480 e. The van der Waals surface area contributed by atoms with Crippen molar-refractivity contribution < 1.29 is 28.2 Å². The Kier molecular flexibility index (Phi) is 4.37. The summed E-state index contributed by atoms with van der Waals surface area (Å²) in [5, 5.41) is 11.2. The number of carbonyl (C=O) groups is 2. The van der Waals surface area contributed by atoms with Crippen LogP contribution >= 0.6 is 0 Å². The Hall–Kier alpha value is -1.40. The molecule has 0 aromatic carbocycles. The number of halogens is 2. The van der Waals surface area contributed by atoms with Gasteiger partial charge in [-0.15, -0.1) is 0 Å². The number of alkyl carbamates (subject to hydrolysis) is 1. The van der Waals surface area contributed by atoms with E-state index in [1.165, 1.54) is 0 Å². The molecule has 1 aliphatic rings. The summed E-state index contributed by atoms with van der Waals surface area (Å²) in [7, 11) is 0. The molecule has 0 bridgehead atoms. The SMILES string of the molecule is CC(C)(C)OC(=O)NC(C(=O)O)C1CCC(F)(F)C1. The molecule has 0 heterocycles. The number of rotatable bonds is 3. The zero-order valence-corrected chi connectivity index (χ0v) is 11.2. The van der Waals surface area contributed by atoms with Crippen molar-refractivity contribution in [2.45, 2.75) is 57.6 Å². The Balaban J connectivity index is 2.65. The predicted octanol–water partition coefficient (Wildman–Crippen LogP) is 2.40. The van der Waals surface area contributed by atoms with E-state index in [-0.39, 0.29) is 12.8 Å². The molecule has 1 saturated carbocycles. The summed E-state index contributed by atoms with van der Waals surface area (Å²) in [6, 6.07) is -1.34. The molecule has 2 atom stereocenters. The first-order valence-electron chi connectivity index (χ1n) is 6.10. The summed E-state index contributed by atoms with van der Waals surface area (Å²) in [6.45, 7) is 4.89. The number of ether oxygens (including phenoxy) is 1. The van der Waals surface area contributed by atoms with E-state index in [0.717, 1.165) is 0 Å². The topological polar surface area (TPSA) is 75.6 Å². The molecule has 0 saturated heterocycles. The van der Waals surface area contributed by atoms with Gasteiger partial charge in [-0.1, -0.05) is 0 Å². The minimum atomic E-state index is -2.85. The van der Waals surface area contributed by atoms with Gasteiger partial charge in [0.1, 0.15) is 11.6 Å². The number of nitrogens with one attached hydrogen (secondary N) is 1. The Bertz CT molecular complexity index is 365. The van der Waals surface area contributed by atoms with Crippen molar-refractivity contribution in [2.75, 3.05) is 0 Å². The molecule has 5 nitrogen and oxygen atoms in total. The Morgan fingerprint density at radius 2 is 2.00 bits per heavy atom. The Labute approximate surface area is 110 Å². The molecule has 0 aliphatic heterocycles. The van der Waals surface area contributed by atoms with Gasteiger partial charge < -0.3 is 15.2 Å². The summed E-state index contributed by atoms with van der Waals surface area (Å²) >= 11 is 0. The standard InChI is InChI=1S/C12H19F2NO4/c1-11(2,3)19-10(18)15-8(9(16)17)7-4-5-12(13,14)6-7/h7-8H,4-6H2,1-3H3,(H,15,18)(H,16,17). The van der Waals surface area contributed by atoms with E-state index in [4.69, 9.17) is 9.84 Å². The first kappa shape index (κ1) is 15.7. The second-order valence-electron chi connectivity index (χ2n) is 5.82. The van der Waals surface area contributed by atoms with Gasteiger partial charge in [0.15, 0.2) is 0 Å². The van der Waals surface area contributed by atoms with Gasteiger partial charge in [0.2, 0.25) is 5.92 Å². The third-order valence-corrected chi connectivity index (χ3v) is 2.85. The molecular weight excluding hydrogens is 260 g/mol. The number of amides is 1. The lowest BCUT2D eigenvalue weighted by Gasteiger charge is -2.24. The fourth-order valence-corrected chi connectivity index (χ4v) is 2.08. The number of carbonyl (C=O) groups excluding carboxylic acids is 1. The molecule has 19 heavy (non-hydrogen) atoms. The van der Waals surface area contributed by atoms with Crippen LogP contribution in [0.5, 0.6) is 0 Å². The number of alkyl halides is 2. The summed E-state index contributed by atoms with van der Waals surface area (Å²) in [6.07, 6.45) is -1.72. The molecule has 0 radical (unpaired) electrons. The molecule has 0 aromatic heterocycles. The average Bonchev–Trinajstić information content (AvgIpc) is 2.51. The first-order valence-corrected chi connectivity index (χ1v) is 6.10. The number of aliphatic carboxylic acids is 1. The first-order chi connectivity index (χ1) is 8.50. The zero-order chi connectivity index (χ0) is 14.8. The van der Waals surface area contributed by atoms with Gasteiger partial charge in [-0.05, 0) is 33.1 Å². The average molecular weight is 279 g/mol. The van der Waals surface area contributed by atoms with Crippen molar-refractivity contribution in [3.05, 3.63) is 0 Å². The predicted molar refractivity (Wildman–Crippen MR) is 63.1 cm³/mol. The number of carboxylic acid groups (broad SMARTS) is 1. The highest BCUT2D eigenvalue weighted by atomic mass is 19.3. The third-order valence-electron chi connectivity index (χ3n) is 2.85. The van der Waals surface area contributed by atoms with Crippen LogP contribution in [0.2, 0.25) is 0 Å². The van der Waals surface area contributed by atoms with Crippen molar-refractivity contribution in [3.8, 4) is 0 Å². The molecule has 110 valence electrons. The van der Waals surface area contributed by atoms with Gasteiger partial charge >= 0.3 is 12.1 Å². The third kappa shape index (κ3) is 5.00. The summed E-state index contributed by atoms with van der Waals surface area (Å²) < 4.78 is 31.1. The van der Waals surface area contributed by atoms with Crippen LogP contribution in [-0.2, 0) is 9.53 Å². The molecule has 1 amide bonds. The number of carboxylic acids is 1. The maximum atomic E-state index is 13.1. The van der Waals surface area contributed by atoms with Crippen LogP contribution in [0.25, 0.3) is 0 Å². The summed E-state index contributed by atoms with van der Waals surface area (Å²) in [5.74, 6) is -4.96. The molecule has 1 fully saturated rings. The van der Waals surface area contributed by atoms with Gasteiger partial charge in [0.05, 0.1) is 0 Å². The normalized spacial score (nSPS) is 23.7. The van der Waals surface area contributed by atoms with Gasteiger partial charge in [-0.3, -0.25) is 0 Å². The summed E-state index contributed by atoms with van der Waals surface area (Å²) in [4.78, 5) is 22.6. The molecule has 2 unspecified atom stereocenters. The quantitative estimate of drug-likeness (QED) is 0.831. The smallest absolute Gasteiger partial charge is 0.408 e. The lowest BCUT2D eigenvalue weighted by Crippen LogP contribution is -2.47. The monoisotopic (exact) mass is 279 g/mol. The van der Waals surface area contributed by atoms with Crippen molar-refractivity contribution in [1.82, 2.24) is 5.32 Å². The fourth-order valence-electron chi connectivity index (χ4n) is 2.08. The van der Waals surface area contributed by atoms with E-state index in [1.807, 2.05) is 0 Å². The molecule has 0 aromatic rings. The van der Waals surface area contributed by atoms with Crippen LogP contribution in [0.1, 0.15) is 40.0 Å². The number of hydrogen-bond acceptors (Lipinski definition) is 3. The van der Waals surface area contributed by atoms with E-state index < -0.39 is 42.0 Å². The van der Waals surface area contributed by atoms with E-state index in [9.17, 15) is 18.4 Å². The highest BCUT2D eigenvalue weighted by Crippen LogP contribution is 2.40. The Morgan fingerprint density at radius 3 is 2.37 bits per heavy atom. The van der Waals surface area contributed by atoms with Crippen LogP contribution < -0.4 is 5.32 Å². The van der Waals surface area contributed by atoms with Crippen LogP contribution in [0.15, 0.2) is 0 Å². The highest BCUT2D eigenvalue weighted by molar-refractivity contribution is 5.80. The van der Waals surface area contributed by atoms with Crippen LogP contribution in [-0.4, -0.2) is 34.7 Å². The molecule has 1 aliphatic carbocycles. The molecule has 7 heteroatoms. The van der Waals surface area contributed by atoms with Crippen molar-refractivity contribution in [3.63, 3.8) is 0 Å². The maximum Gasteiger partial charge on any atom is 0.408 e. The lowest BCUT2D eigenvalue weighted by molar-refractivity contribution is -0.141. The summed E-state index contributed by atoms with van der Waals surface area (Å²) in [5.41, 5.74) is -0.771. The van der Waals surface area contributed by atoms with Gasteiger partial charge in [0.25, 0.3) is 0 Å². The van der Waals surface area contributed by atoms with Crippen molar-refractivity contribution in [1.29, 1.82) is 0 Å². The Morgan fingerprint density at radius 1 is 1.42 bits per heavy atom. The van der Waals surface area contributed by atoms with Gasteiger partial charge in [0, 0.05) is 12.8 Å². The minimum Gasteiger partial charge on any atom is -0.480 e. The second kappa shape index (κ2) is 5.30. The molecular formula is C12H19F2NO4. The maximum absolute atomic E-state index is 13.1. The fraction of sp³-hybridized carbons (Fsp3) is 0.833. The van der Waals surface area contributed by atoms with Crippen LogP contribution in [0.4, 0.5) is 13.6 Å². The van der Waals surface area contributed by atoms with Gasteiger partial charge in [-0.25, -0.2) is 18.4 Å². The van der Waals surface area contributed by atoms with Crippen molar-refractivity contribution in [2.24, 2.45) is 5.92 Å². The molecule has 2 N–H and O–H groups in total. The van der Waals surface area contributed by atoms with E-state index in [2.05, 4.69) is 5.32 Å². The van der Waals surface area contributed by atoms with E-state index in [0.29, 0.717) is 0 Å².